The Balaban J connectivity index is 1.26. The Hall–Kier alpha value is -1.26. The number of hydrogen-bond donors (Lipinski definition) is 0. The number of hydrogen-bond acceptors (Lipinski definition) is 4. The summed E-state index contributed by atoms with van der Waals surface area (Å²) in [6.45, 7) is 4.46. The number of benzene rings is 2. The van der Waals surface area contributed by atoms with Crippen molar-refractivity contribution in [1.82, 2.24) is 0 Å². The van der Waals surface area contributed by atoms with Crippen LogP contribution in [0.2, 0.25) is 0 Å². The average molecular weight is 519 g/mol. The van der Waals surface area contributed by atoms with Gasteiger partial charge in [-0.1, -0.05) is 61.1 Å². The van der Waals surface area contributed by atoms with E-state index in [0.29, 0.717) is 12.1 Å². The van der Waals surface area contributed by atoms with Gasteiger partial charge in [-0.3, -0.25) is 0 Å². The van der Waals surface area contributed by atoms with Gasteiger partial charge in [0.2, 0.25) is 0 Å². The van der Waals surface area contributed by atoms with E-state index in [0.717, 1.165) is 33.1 Å². The van der Waals surface area contributed by atoms with Gasteiger partial charge in [-0.15, -0.1) is 0 Å². The summed E-state index contributed by atoms with van der Waals surface area (Å²) < 4.78 is 0. The second-order valence-electron chi connectivity index (χ2n) is 12.2. The highest BCUT2D eigenvalue weighted by Gasteiger charge is 2.54. The van der Waals surface area contributed by atoms with Gasteiger partial charge < -0.3 is 9.80 Å². The summed E-state index contributed by atoms with van der Waals surface area (Å²) >= 11 is 4.82. The molecule has 3 aliphatic carbocycles. The molecule has 2 aliphatic heterocycles. The van der Waals surface area contributed by atoms with Crippen LogP contribution >= 0.6 is 23.5 Å². The van der Waals surface area contributed by atoms with E-state index in [2.05, 4.69) is 95.7 Å². The molecular formula is C32H42N2S2. The zero-order chi connectivity index (χ0) is 24.2. The molecule has 2 saturated heterocycles. The minimum Gasteiger partial charge on any atom is -0.363 e. The molecule has 0 bridgehead atoms. The van der Waals surface area contributed by atoms with Crippen LogP contribution in [0, 0.1) is 13.8 Å². The van der Waals surface area contributed by atoms with Gasteiger partial charge in [0.25, 0.3) is 0 Å². The molecule has 0 aromatic heterocycles. The molecule has 3 saturated carbocycles. The summed E-state index contributed by atoms with van der Waals surface area (Å²) in [5.74, 6) is 0. The lowest BCUT2D eigenvalue weighted by molar-refractivity contribution is 0.283. The first kappa shape index (κ1) is 23.8. The molecule has 2 nitrogen and oxygen atoms in total. The third kappa shape index (κ3) is 4.19. The largest absolute Gasteiger partial charge is 0.363 e. The van der Waals surface area contributed by atoms with Crippen molar-refractivity contribution in [2.45, 2.75) is 123 Å². The predicted molar refractivity (Wildman–Crippen MR) is 159 cm³/mol. The Kier molecular flexibility index (Phi) is 6.49. The van der Waals surface area contributed by atoms with Gasteiger partial charge in [-0.05, 0) is 76.6 Å². The Morgan fingerprint density at radius 3 is 1.36 bits per heavy atom. The van der Waals surface area contributed by atoms with Crippen LogP contribution in [0.25, 0.3) is 0 Å². The van der Waals surface area contributed by atoms with Gasteiger partial charge >= 0.3 is 0 Å². The lowest BCUT2D eigenvalue weighted by Gasteiger charge is -2.61. The summed E-state index contributed by atoms with van der Waals surface area (Å²) in [5.41, 5.74) is 5.74. The zero-order valence-electron chi connectivity index (χ0n) is 22.0. The molecule has 0 amide bonds. The molecule has 5 aliphatic rings. The predicted octanol–water partition coefficient (Wildman–Crippen LogP) is 8.00. The van der Waals surface area contributed by atoms with Gasteiger partial charge in [0.05, 0.1) is 0 Å². The van der Waals surface area contributed by atoms with Crippen LogP contribution in [0.4, 0.5) is 11.4 Å². The monoisotopic (exact) mass is 518 g/mol. The standard InChI is InChI=1S/C32H42N2S2/c1-21-11-15-23(16-12-21)33-25-7-3-5-9-29(25)35-31-20-32-28(19-27(31)33)34(24-17-13-22(2)14-18-24)26-8-4-6-10-30(26)36-32/h11-18,25-32H,3-10,19-20H2,1-2H3. The van der Waals surface area contributed by atoms with Gasteiger partial charge in [0, 0.05) is 56.5 Å². The highest BCUT2D eigenvalue weighted by molar-refractivity contribution is 8.01. The summed E-state index contributed by atoms with van der Waals surface area (Å²) in [5, 5.41) is 3.20. The van der Waals surface area contributed by atoms with Crippen LogP contribution in [0.15, 0.2) is 48.5 Å². The highest BCUT2D eigenvalue weighted by atomic mass is 32.2. The van der Waals surface area contributed by atoms with E-state index in [1.165, 1.54) is 86.7 Å². The maximum absolute atomic E-state index is 2.96. The van der Waals surface area contributed by atoms with Crippen molar-refractivity contribution in [2.24, 2.45) is 0 Å². The minimum absolute atomic E-state index is 0.659. The van der Waals surface area contributed by atoms with Gasteiger partial charge in [-0.25, -0.2) is 0 Å². The topological polar surface area (TPSA) is 6.48 Å². The van der Waals surface area contributed by atoms with E-state index in [9.17, 15) is 0 Å². The number of nitrogens with zero attached hydrogens (tertiary/aromatic N) is 2. The number of aryl methyl sites for hydroxylation is 2. The Labute approximate surface area is 227 Å². The third-order valence-electron chi connectivity index (χ3n) is 9.93. The molecule has 0 radical (unpaired) electrons. The molecule has 0 spiro atoms. The Morgan fingerprint density at radius 1 is 0.500 bits per heavy atom. The average Bonchev–Trinajstić information content (AvgIpc) is 2.91. The molecule has 2 aromatic rings. The minimum atomic E-state index is 0.659. The number of anilines is 2. The van der Waals surface area contributed by atoms with Gasteiger partial charge in [-0.2, -0.15) is 23.5 Å². The van der Waals surface area contributed by atoms with Crippen molar-refractivity contribution in [3.63, 3.8) is 0 Å². The van der Waals surface area contributed by atoms with Crippen molar-refractivity contribution in [2.75, 3.05) is 9.80 Å². The number of thioether (sulfide) groups is 2. The molecule has 4 heteroatoms. The fraction of sp³-hybridized carbons (Fsp3) is 0.625. The van der Waals surface area contributed by atoms with Crippen molar-refractivity contribution in [3.05, 3.63) is 59.7 Å². The van der Waals surface area contributed by atoms with E-state index >= 15 is 0 Å². The van der Waals surface area contributed by atoms with Gasteiger partial charge in [0.1, 0.15) is 0 Å². The maximum atomic E-state index is 2.96. The molecule has 8 atom stereocenters. The van der Waals surface area contributed by atoms with E-state index in [4.69, 9.17) is 0 Å². The van der Waals surface area contributed by atoms with Crippen molar-refractivity contribution in [3.8, 4) is 0 Å². The zero-order valence-corrected chi connectivity index (χ0v) is 23.7. The molecule has 7 rings (SSSR count). The van der Waals surface area contributed by atoms with E-state index in [1.54, 1.807) is 0 Å². The van der Waals surface area contributed by atoms with Crippen molar-refractivity contribution < 1.29 is 0 Å². The van der Waals surface area contributed by atoms with Gasteiger partial charge in [0.15, 0.2) is 0 Å². The summed E-state index contributed by atoms with van der Waals surface area (Å²) in [7, 11) is 0. The molecule has 2 heterocycles. The van der Waals surface area contributed by atoms with Crippen molar-refractivity contribution >= 4 is 34.9 Å². The molecule has 5 fully saturated rings. The van der Waals surface area contributed by atoms with Crippen LogP contribution in [0.5, 0.6) is 0 Å². The number of fused-ring (bicyclic) bond motifs is 4. The SMILES string of the molecule is Cc1ccc(N2C3CCCCC3SC3CC4SC5CCCCC5N(c5ccc(C)cc5)C4CC32)cc1. The maximum Gasteiger partial charge on any atom is 0.0432 e. The first-order valence-corrected chi connectivity index (χ1v) is 16.6. The normalized spacial score (nSPS) is 37.9. The van der Waals surface area contributed by atoms with Crippen LogP contribution in [0.1, 0.15) is 75.3 Å². The van der Waals surface area contributed by atoms with Crippen LogP contribution in [0.3, 0.4) is 0 Å². The Morgan fingerprint density at radius 2 is 0.917 bits per heavy atom. The fourth-order valence-corrected chi connectivity index (χ4v) is 12.2. The fourth-order valence-electron chi connectivity index (χ4n) is 8.22. The quantitative estimate of drug-likeness (QED) is 0.397. The molecule has 2 aromatic carbocycles. The van der Waals surface area contributed by atoms with Crippen LogP contribution in [-0.4, -0.2) is 45.2 Å². The first-order valence-electron chi connectivity index (χ1n) is 14.7. The lowest BCUT2D eigenvalue weighted by atomic mass is 9.81. The summed E-state index contributed by atoms with van der Waals surface area (Å²) in [4.78, 5) is 5.93. The molecule has 8 unspecified atom stereocenters. The van der Waals surface area contributed by atoms with Crippen LogP contribution in [-0.2, 0) is 0 Å². The third-order valence-corrected chi connectivity index (χ3v) is 13.4. The summed E-state index contributed by atoms with van der Waals surface area (Å²) in [6.07, 6.45) is 14.0. The highest BCUT2D eigenvalue weighted by Crippen LogP contribution is 2.54. The van der Waals surface area contributed by atoms with E-state index < -0.39 is 0 Å². The van der Waals surface area contributed by atoms with Crippen LogP contribution < -0.4 is 9.80 Å². The number of rotatable bonds is 2. The van der Waals surface area contributed by atoms with Crippen molar-refractivity contribution in [1.29, 1.82) is 0 Å². The molecule has 192 valence electrons. The Bertz CT molecular complexity index is 969. The second kappa shape index (κ2) is 9.80. The van der Waals surface area contributed by atoms with E-state index in [-0.39, 0.29) is 0 Å². The molecule has 36 heavy (non-hydrogen) atoms. The molecule has 0 N–H and O–H groups in total. The van der Waals surface area contributed by atoms with E-state index in [1.807, 2.05) is 0 Å². The molecular weight excluding hydrogens is 477 g/mol. The second-order valence-corrected chi connectivity index (χ2v) is 15.2. The first-order chi connectivity index (χ1) is 17.7. The lowest BCUT2D eigenvalue weighted by Crippen LogP contribution is -2.67. The smallest absolute Gasteiger partial charge is 0.0432 e. The summed E-state index contributed by atoms with van der Waals surface area (Å²) in [6, 6.07) is 21.9.